The van der Waals surface area contributed by atoms with E-state index in [2.05, 4.69) is 6.92 Å². The van der Waals surface area contributed by atoms with E-state index in [1.165, 1.54) is 30.7 Å². The van der Waals surface area contributed by atoms with Gasteiger partial charge in [0.25, 0.3) is 10.1 Å². The van der Waals surface area contributed by atoms with Gasteiger partial charge < -0.3 is 9.84 Å². The number of phenols is 1. The molecule has 0 unspecified atom stereocenters. The molecular formula is C19H24O5S. The van der Waals surface area contributed by atoms with E-state index < -0.39 is 10.1 Å². The summed E-state index contributed by atoms with van der Waals surface area (Å²) in [4.78, 5) is -0.152. The van der Waals surface area contributed by atoms with Gasteiger partial charge in [0, 0.05) is 0 Å². The molecule has 0 aliphatic heterocycles. The zero-order valence-corrected chi connectivity index (χ0v) is 15.1. The van der Waals surface area contributed by atoms with Crippen LogP contribution in [0.4, 0.5) is 0 Å². The highest BCUT2D eigenvalue weighted by Gasteiger charge is 2.15. The SMILES string of the molecule is CCCCCCCc1cc(S(=O)(=O)O)ccc1Oc1ccccc1O. The fourth-order valence-electron chi connectivity index (χ4n) is 2.59. The largest absolute Gasteiger partial charge is 0.504 e. The van der Waals surface area contributed by atoms with Gasteiger partial charge in [0.05, 0.1) is 4.90 Å². The lowest BCUT2D eigenvalue weighted by Crippen LogP contribution is -2.01. The van der Waals surface area contributed by atoms with Gasteiger partial charge in [-0.15, -0.1) is 0 Å². The number of hydrogen-bond donors (Lipinski definition) is 2. The Bertz CT molecular complexity index is 799. The molecule has 2 rings (SSSR count). The van der Waals surface area contributed by atoms with Crippen LogP contribution >= 0.6 is 0 Å². The van der Waals surface area contributed by atoms with Crippen LogP contribution in [0.2, 0.25) is 0 Å². The van der Waals surface area contributed by atoms with Crippen molar-refractivity contribution < 1.29 is 22.8 Å². The minimum atomic E-state index is -4.27. The molecule has 0 saturated heterocycles. The first-order valence-corrected chi connectivity index (χ1v) is 9.92. The second-order valence-corrected chi connectivity index (χ2v) is 7.40. The highest BCUT2D eigenvalue weighted by molar-refractivity contribution is 7.85. The van der Waals surface area contributed by atoms with E-state index in [1.807, 2.05) is 0 Å². The quantitative estimate of drug-likeness (QED) is 0.486. The van der Waals surface area contributed by atoms with Crippen molar-refractivity contribution in [1.29, 1.82) is 0 Å². The number of aryl methyl sites for hydroxylation is 1. The highest BCUT2D eigenvalue weighted by atomic mass is 32.2. The van der Waals surface area contributed by atoms with Crippen molar-refractivity contribution in [2.45, 2.75) is 50.3 Å². The molecule has 6 heteroatoms. The maximum absolute atomic E-state index is 11.4. The van der Waals surface area contributed by atoms with Gasteiger partial charge >= 0.3 is 0 Å². The molecule has 0 aromatic heterocycles. The van der Waals surface area contributed by atoms with E-state index in [9.17, 15) is 18.1 Å². The molecule has 0 spiro atoms. The van der Waals surface area contributed by atoms with E-state index >= 15 is 0 Å². The summed E-state index contributed by atoms with van der Waals surface area (Å²) in [6, 6.07) is 10.8. The third kappa shape index (κ3) is 5.76. The molecule has 0 heterocycles. The lowest BCUT2D eigenvalue weighted by atomic mass is 10.0. The fourth-order valence-corrected chi connectivity index (χ4v) is 3.12. The van der Waals surface area contributed by atoms with Crippen molar-refractivity contribution in [1.82, 2.24) is 0 Å². The van der Waals surface area contributed by atoms with Gasteiger partial charge in [-0.1, -0.05) is 44.7 Å². The monoisotopic (exact) mass is 364 g/mol. The molecule has 0 radical (unpaired) electrons. The van der Waals surface area contributed by atoms with Crippen molar-refractivity contribution in [3.8, 4) is 17.2 Å². The summed E-state index contributed by atoms with van der Waals surface area (Å²) in [5, 5.41) is 9.86. The number of unbranched alkanes of at least 4 members (excludes halogenated alkanes) is 4. The van der Waals surface area contributed by atoms with Gasteiger partial charge in [0.15, 0.2) is 11.5 Å². The van der Waals surface area contributed by atoms with Gasteiger partial charge in [-0.25, -0.2) is 0 Å². The summed E-state index contributed by atoms with van der Waals surface area (Å²) in [7, 11) is -4.27. The van der Waals surface area contributed by atoms with Crippen molar-refractivity contribution in [2.75, 3.05) is 0 Å². The summed E-state index contributed by atoms with van der Waals surface area (Å²) >= 11 is 0. The van der Waals surface area contributed by atoms with Gasteiger partial charge in [-0.3, -0.25) is 4.55 Å². The van der Waals surface area contributed by atoms with Crippen LogP contribution in [-0.4, -0.2) is 18.1 Å². The Morgan fingerprint density at radius 3 is 2.36 bits per heavy atom. The molecular weight excluding hydrogens is 340 g/mol. The molecule has 2 aromatic carbocycles. The molecule has 0 aliphatic rings. The minimum absolute atomic E-state index is 0.00949. The zero-order valence-electron chi connectivity index (χ0n) is 14.3. The third-order valence-corrected chi connectivity index (χ3v) is 4.81. The van der Waals surface area contributed by atoms with Crippen molar-refractivity contribution in [3.63, 3.8) is 0 Å². The first kappa shape index (κ1) is 19.3. The van der Waals surface area contributed by atoms with Crippen LogP contribution in [0.1, 0.15) is 44.6 Å². The maximum atomic E-state index is 11.4. The number of aromatic hydroxyl groups is 1. The Labute approximate surface area is 149 Å². The molecule has 2 N–H and O–H groups in total. The Morgan fingerprint density at radius 2 is 1.68 bits per heavy atom. The van der Waals surface area contributed by atoms with Gasteiger partial charge in [-0.2, -0.15) is 8.42 Å². The molecule has 5 nitrogen and oxygen atoms in total. The molecule has 136 valence electrons. The molecule has 0 saturated carbocycles. The Kier molecular flexibility index (Phi) is 6.84. The van der Waals surface area contributed by atoms with Crippen LogP contribution in [0.5, 0.6) is 17.2 Å². The maximum Gasteiger partial charge on any atom is 0.294 e. The van der Waals surface area contributed by atoms with Crippen LogP contribution in [-0.2, 0) is 16.5 Å². The molecule has 0 amide bonds. The van der Waals surface area contributed by atoms with E-state index in [-0.39, 0.29) is 10.6 Å². The topological polar surface area (TPSA) is 83.8 Å². The first-order valence-electron chi connectivity index (χ1n) is 8.48. The molecule has 2 aromatic rings. The van der Waals surface area contributed by atoms with Crippen molar-refractivity contribution in [2.24, 2.45) is 0 Å². The van der Waals surface area contributed by atoms with E-state index in [0.717, 1.165) is 25.7 Å². The Hall–Kier alpha value is -2.05. The number of phenolic OH excluding ortho intramolecular Hbond substituents is 1. The van der Waals surface area contributed by atoms with Gasteiger partial charge in [0.1, 0.15) is 5.75 Å². The van der Waals surface area contributed by atoms with Gasteiger partial charge in [-0.05, 0) is 48.7 Å². The second-order valence-electron chi connectivity index (χ2n) is 5.98. The predicted molar refractivity (Wildman–Crippen MR) is 96.9 cm³/mol. The molecule has 0 aliphatic carbocycles. The molecule has 0 atom stereocenters. The smallest absolute Gasteiger partial charge is 0.294 e. The van der Waals surface area contributed by atoms with E-state index in [4.69, 9.17) is 4.74 Å². The van der Waals surface area contributed by atoms with Crippen molar-refractivity contribution >= 4 is 10.1 Å². The number of ether oxygens (including phenoxy) is 1. The van der Waals surface area contributed by atoms with Crippen LogP contribution in [0.3, 0.4) is 0 Å². The summed E-state index contributed by atoms with van der Waals surface area (Å²) < 4.78 is 37.8. The third-order valence-electron chi connectivity index (χ3n) is 3.96. The number of benzene rings is 2. The number of hydrogen-bond acceptors (Lipinski definition) is 4. The standard InChI is InChI=1S/C19H24O5S/c1-2-3-4-5-6-9-15-14-16(25(21,22)23)12-13-18(15)24-19-11-8-7-10-17(19)20/h7-8,10-14,20H,2-6,9H2,1H3,(H,21,22,23). The van der Waals surface area contributed by atoms with Gasteiger partial charge in [0.2, 0.25) is 0 Å². The number of para-hydroxylation sites is 2. The summed E-state index contributed by atoms with van der Waals surface area (Å²) in [6.45, 7) is 2.15. The van der Waals surface area contributed by atoms with Crippen LogP contribution < -0.4 is 4.74 Å². The lowest BCUT2D eigenvalue weighted by molar-refractivity contribution is 0.408. The molecule has 0 fully saturated rings. The predicted octanol–water partition coefficient (Wildman–Crippen LogP) is 4.94. The molecule has 0 bridgehead atoms. The number of rotatable bonds is 9. The van der Waals surface area contributed by atoms with E-state index in [1.54, 1.807) is 18.2 Å². The average Bonchev–Trinajstić information content (AvgIpc) is 2.57. The van der Waals surface area contributed by atoms with Crippen molar-refractivity contribution in [3.05, 3.63) is 48.0 Å². The van der Waals surface area contributed by atoms with Crippen LogP contribution in [0, 0.1) is 0 Å². The van der Waals surface area contributed by atoms with Crippen LogP contribution in [0.15, 0.2) is 47.4 Å². The van der Waals surface area contributed by atoms with E-state index in [0.29, 0.717) is 23.5 Å². The Morgan fingerprint density at radius 1 is 0.960 bits per heavy atom. The lowest BCUT2D eigenvalue weighted by Gasteiger charge is -2.13. The average molecular weight is 364 g/mol. The normalized spacial score (nSPS) is 11.4. The highest BCUT2D eigenvalue weighted by Crippen LogP contribution is 2.33. The minimum Gasteiger partial charge on any atom is -0.504 e. The summed E-state index contributed by atoms with van der Waals surface area (Å²) in [5.41, 5.74) is 0.690. The first-order chi connectivity index (χ1) is 11.9. The second kappa shape index (κ2) is 8.87. The molecule has 25 heavy (non-hydrogen) atoms. The zero-order chi connectivity index (χ0) is 18.3. The fraction of sp³-hybridized carbons (Fsp3) is 0.368. The summed E-state index contributed by atoms with van der Waals surface area (Å²) in [6.07, 6.45) is 6.03. The Balaban J connectivity index is 2.23. The summed E-state index contributed by atoms with van der Waals surface area (Å²) in [5.74, 6) is 0.786. The van der Waals surface area contributed by atoms with Crippen LogP contribution in [0.25, 0.3) is 0 Å².